The van der Waals surface area contributed by atoms with Crippen molar-refractivity contribution in [2.75, 3.05) is 0 Å². The predicted molar refractivity (Wildman–Crippen MR) is 45.0 cm³/mol. The van der Waals surface area contributed by atoms with Gasteiger partial charge in [0.1, 0.15) is 0 Å². The summed E-state index contributed by atoms with van der Waals surface area (Å²) in [4.78, 5) is 11.4. The molecule has 0 aromatic heterocycles. The van der Waals surface area contributed by atoms with Crippen molar-refractivity contribution in [2.24, 2.45) is 0 Å². The fourth-order valence-corrected chi connectivity index (χ4v) is 2.36. The average molecular weight is 185 g/mol. The summed E-state index contributed by atoms with van der Waals surface area (Å²) in [7, 11) is -3.05. The third kappa shape index (κ3) is 0.911. The molecule has 0 bridgehead atoms. The molecule has 5 heteroatoms. The van der Waals surface area contributed by atoms with Crippen LogP contribution in [-0.2, 0) is 0 Å². The van der Waals surface area contributed by atoms with Crippen molar-refractivity contribution < 1.29 is 13.9 Å². The Bertz CT molecular complexity index is 350. The van der Waals surface area contributed by atoms with Crippen molar-refractivity contribution in [1.29, 1.82) is 0 Å². The van der Waals surface area contributed by atoms with Gasteiger partial charge in [-0.2, -0.15) is 0 Å². The Morgan fingerprint density at radius 3 is 2.58 bits per heavy atom. The molecule has 0 atom stereocenters. The number of rotatable bonds is 0. The van der Waals surface area contributed by atoms with Gasteiger partial charge in [-0.15, -0.1) is 0 Å². The fraction of sp³-hybridized carbons (Fsp3) is 0. The van der Waals surface area contributed by atoms with Crippen molar-refractivity contribution >= 4 is 16.7 Å². The summed E-state index contributed by atoms with van der Waals surface area (Å²) in [6.45, 7) is 0. The first-order valence-electron chi connectivity index (χ1n) is 3.30. The summed E-state index contributed by atoms with van der Waals surface area (Å²) >= 11 is 0. The van der Waals surface area contributed by atoms with Gasteiger partial charge in [0.2, 0.25) is 0 Å². The van der Waals surface area contributed by atoms with E-state index >= 15 is 0 Å². The molecule has 0 aliphatic carbocycles. The van der Waals surface area contributed by atoms with Crippen LogP contribution >= 0.6 is 10.8 Å². The summed E-state index contributed by atoms with van der Waals surface area (Å²) in [6, 6.07) is 6.43. The molecule has 0 unspecified atom stereocenters. The van der Waals surface area contributed by atoms with Crippen molar-refractivity contribution in [3.63, 3.8) is 0 Å². The van der Waals surface area contributed by atoms with E-state index in [0.717, 1.165) is 0 Å². The summed E-state index contributed by atoms with van der Waals surface area (Å²) in [5.74, 6) is -0.425. The lowest BCUT2D eigenvalue weighted by Gasteiger charge is -2.25. The van der Waals surface area contributed by atoms with E-state index in [2.05, 4.69) is 4.72 Å². The van der Waals surface area contributed by atoms with Crippen LogP contribution in [0.25, 0.3) is 0 Å². The summed E-state index contributed by atoms with van der Waals surface area (Å²) in [5.41, 5.74) is 0.345. The lowest BCUT2D eigenvalue weighted by atomic mass is 10.2. The lowest BCUT2D eigenvalue weighted by Crippen LogP contribution is -2.17. The van der Waals surface area contributed by atoms with E-state index in [0.29, 0.717) is 5.56 Å². The van der Waals surface area contributed by atoms with Crippen molar-refractivity contribution in [1.82, 2.24) is 4.72 Å². The van der Waals surface area contributed by atoms with Gasteiger partial charge in [-0.3, -0.25) is 13.9 Å². The number of fused-ring (bicyclic) bond motifs is 1. The van der Waals surface area contributed by atoms with E-state index in [9.17, 15) is 13.9 Å². The SMILES string of the molecule is O=C1NS(O)(O)c2ccccc21. The van der Waals surface area contributed by atoms with Crippen LogP contribution in [0.2, 0.25) is 0 Å². The molecule has 1 aliphatic rings. The number of hydrogen-bond donors (Lipinski definition) is 3. The summed E-state index contributed by atoms with van der Waals surface area (Å²) in [6.07, 6.45) is 0. The van der Waals surface area contributed by atoms with E-state index in [1.54, 1.807) is 18.2 Å². The largest absolute Gasteiger partial charge is 0.278 e. The zero-order valence-electron chi connectivity index (χ0n) is 6.02. The monoisotopic (exact) mass is 185 g/mol. The molecule has 0 saturated heterocycles. The van der Waals surface area contributed by atoms with Crippen LogP contribution < -0.4 is 4.72 Å². The minimum atomic E-state index is -3.05. The second-order valence-corrected chi connectivity index (χ2v) is 4.22. The van der Waals surface area contributed by atoms with Gasteiger partial charge in [0.05, 0.1) is 10.5 Å². The van der Waals surface area contributed by atoms with Crippen molar-refractivity contribution in [3.05, 3.63) is 29.8 Å². The van der Waals surface area contributed by atoms with Crippen LogP contribution in [-0.4, -0.2) is 15.0 Å². The standard InChI is InChI=1S/C7H7NO3S/c9-7-5-3-1-2-4-6(5)12(10,11)8-7/h1-4,10-11H,(H,8,9). The second kappa shape index (κ2) is 2.22. The van der Waals surface area contributed by atoms with E-state index < -0.39 is 16.7 Å². The summed E-state index contributed by atoms with van der Waals surface area (Å²) in [5, 5.41) is 0. The normalized spacial score (nSPS) is 21.3. The number of carbonyl (C=O) groups excluding carboxylic acids is 1. The van der Waals surface area contributed by atoms with E-state index in [4.69, 9.17) is 0 Å². The molecule has 1 aromatic carbocycles. The van der Waals surface area contributed by atoms with Gasteiger partial charge in [-0.1, -0.05) is 22.9 Å². The van der Waals surface area contributed by atoms with Gasteiger partial charge in [-0.05, 0) is 12.1 Å². The first kappa shape index (κ1) is 7.60. The average Bonchev–Trinajstić information content (AvgIpc) is 2.25. The van der Waals surface area contributed by atoms with Gasteiger partial charge in [0, 0.05) is 0 Å². The fourth-order valence-electron chi connectivity index (χ4n) is 1.14. The molecule has 0 radical (unpaired) electrons. The topological polar surface area (TPSA) is 69.6 Å². The summed E-state index contributed by atoms with van der Waals surface area (Å²) < 4.78 is 20.8. The molecule has 1 aliphatic heterocycles. The zero-order chi connectivity index (χ0) is 8.77. The molecule has 0 spiro atoms. The Labute approximate surface area is 70.7 Å². The van der Waals surface area contributed by atoms with Crippen LogP contribution in [0.5, 0.6) is 0 Å². The molecule has 4 nitrogen and oxygen atoms in total. The van der Waals surface area contributed by atoms with E-state index in [1.807, 2.05) is 0 Å². The van der Waals surface area contributed by atoms with Gasteiger partial charge in [0.15, 0.2) is 0 Å². The Morgan fingerprint density at radius 2 is 1.92 bits per heavy atom. The minimum Gasteiger partial charge on any atom is -0.278 e. The van der Waals surface area contributed by atoms with Crippen LogP contribution in [0.3, 0.4) is 0 Å². The third-order valence-electron chi connectivity index (χ3n) is 1.67. The highest BCUT2D eigenvalue weighted by molar-refractivity contribution is 8.23. The highest BCUT2D eigenvalue weighted by Gasteiger charge is 2.31. The molecule has 1 aromatic rings. The Kier molecular flexibility index (Phi) is 1.41. The van der Waals surface area contributed by atoms with Crippen LogP contribution in [0.4, 0.5) is 0 Å². The Morgan fingerprint density at radius 1 is 1.25 bits per heavy atom. The van der Waals surface area contributed by atoms with E-state index in [1.165, 1.54) is 6.07 Å². The number of nitrogens with one attached hydrogen (secondary N) is 1. The molecule has 64 valence electrons. The highest BCUT2D eigenvalue weighted by Crippen LogP contribution is 2.50. The molecular formula is C7H7NO3S. The maximum atomic E-state index is 11.1. The second-order valence-electron chi connectivity index (χ2n) is 2.48. The quantitative estimate of drug-likeness (QED) is 0.573. The molecule has 2 rings (SSSR count). The zero-order valence-corrected chi connectivity index (χ0v) is 6.84. The number of hydrogen-bond acceptors (Lipinski definition) is 3. The first-order valence-corrected chi connectivity index (χ1v) is 4.85. The van der Waals surface area contributed by atoms with Gasteiger partial charge in [-0.25, -0.2) is 4.72 Å². The first-order chi connectivity index (χ1) is 5.61. The maximum Gasteiger partial charge on any atom is 0.271 e. The van der Waals surface area contributed by atoms with Gasteiger partial charge in [0.25, 0.3) is 5.91 Å². The maximum absolute atomic E-state index is 11.1. The number of benzene rings is 1. The van der Waals surface area contributed by atoms with Gasteiger partial charge >= 0.3 is 0 Å². The Balaban J connectivity index is 2.66. The molecule has 3 N–H and O–H groups in total. The van der Waals surface area contributed by atoms with Crippen LogP contribution in [0, 0.1) is 0 Å². The van der Waals surface area contributed by atoms with Crippen LogP contribution in [0.1, 0.15) is 10.4 Å². The Hall–Kier alpha value is -1.04. The highest BCUT2D eigenvalue weighted by atomic mass is 32.3. The molecule has 12 heavy (non-hydrogen) atoms. The van der Waals surface area contributed by atoms with Crippen molar-refractivity contribution in [3.8, 4) is 0 Å². The molecule has 1 amide bonds. The molecule has 0 saturated carbocycles. The minimum absolute atomic E-state index is 0.287. The van der Waals surface area contributed by atoms with Crippen molar-refractivity contribution in [2.45, 2.75) is 4.90 Å². The van der Waals surface area contributed by atoms with Crippen LogP contribution in [0.15, 0.2) is 29.2 Å². The lowest BCUT2D eigenvalue weighted by molar-refractivity contribution is 0.0983. The van der Waals surface area contributed by atoms with Gasteiger partial charge < -0.3 is 0 Å². The number of carbonyl (C=O) groups is 1. The smallest absolute Gasteiger partial charge is 0.271 e. The molecular weight excluding hydrogens is 178 g/mol. The molecule has 0 fully saturated rings. The predicted octanol–water partition coefficient (Wildman–Crippen LogP) is 1.45. The number of amides is 1. The third-order valence-corrected chi connectivity index (χ3v) is 3.11. The van der Waals surface area contributed by atoms with E-state index in [-0.39, 0.29) is 4.90 Å². The molecule has 1 heterocycles.